The highest BCUT2D eigenvalue weighted by atomic mass is 35.5. The molecule has 0 aromatic heterocycles. The van der Waals surface area contributed by atoms with Crippen molar-refractivity contribution in [1.82, 2.24) is 0 Å². The Morgan fingerprint density at radius 1 is 0.524 bits per heavy atom. The van der Waals surface area contributed by atoms with Gasteiger partial charge in [0.1, 0.15) is 4.84 Å². The first-order chi connectivity index (χ1) is 10.3. The van der Waals surface area contributed by atoms with Gasteiger partial charge in [0.2, 0.25) is 0 Å². The summed E-state index contributed by atoms with van der Waals surface area (Å²) in [5, 5.41) is 0. The molecule has 0 atom stereocenters. The monoisotopic (exact) mass is 312 g/mol. The maximum Gasteiger partial charge on any atom is 0.133 e. The van der Waals surface area contributed by atoms with Crippen LogP contribution in [0.4, 0.5) is 0 Å². The van der Waals surface area contributed by atoms with Crippen LogP contribution in [0.3, 0.4) is 0 Å². The van der Waals surface area contributed by atoms with E-state index in [4.69, 9.17) is 23.2 Å². The molecule has 21 heavy (non-hydrogen) atoms. The van der Waals surface area contributed by atoms with Gasteiger partial charge in [0.25, 0.3) is 0 Å². The number of hydrogen-bond acceptors (Lipinski definition) is 0. The lowest BCUT2D eigenvalue weighted by Crippen LogP contribution is -1.91. The fourth-order valence-corrected chi connectivity index (χ4v) is 2.90. The predicted octanol–water partition coefficient (Wildman–Crippen LogP) is 6.50. The van der Waals surface area contributed by atoms with Gasteiger partial charge >= 0.3 is 0 Å². The number of rotatable bonds is 3. The van der Waals surface area contributed by atoms with Gasteiger partial charge in [-0.2, -0.15) is 0 Å². The van der Waals surface area contributed by atoms with Gasteiger partial charge in [0.05, 0.1) is 0 Å². The Kier molecular flexibility index (Phi) is 4.28. The molecule has 0 aliphatic carbocycles. The zero-order chi connectivity index (χ0) is 14.7. The molecule has 0 bridgehead atoms. The van der Waals surface area contributed by atoms with Crippen molar-refractivity contribution in [1.29, 1.82) is 0 Å². The smallest absolute Gasteiger partial charge is 0.100 e. The fourth-order valence-electron chi connectivity index (χ4n) is 2.52. The summed E-state index contributed by atoms with van der Waals surface area (Å²) in [5.41, 5.74) is 5.52. The van der Waals surface area contributed by atoms with Crippen molar-refractivity contribution in [2.45, 2.75) is 4.84 Å². The molecular weight excluding hydrogens is 299 g/mol. The molecule has 0 radical (unpaired) electrons. The average Bonchev–Trinajstić information content (AvgIpc) is 2.55. The van der Waals surface area contributed by atoms with Crippen molar-refractivity contribution < 1.29 is 0 Å². The molecule has 0 unspecified atom stereocenters. The highest BCUT2D eigenvalue weighted by molar-refractivity contribution is 6.44. The molecule has 0 heterocycles. The second-order valence-corrected chi connectivity index (χ2v) is 5.90. The van der Waals surface area contributed by atoms with Gasteiger partial charge in [0.15, 0.2) is 0 Å². The number of halogens is 2. The van der Waals surface area contributed by atoms with E-state index >= 15 is 0 Å². The Morgan fingerprint density at radius 2 is 1.05 bits per heavy atom. The molecule has 0 fully saturated rings. The van der Waals surface area contributed by atoms with E-state index in [-0.39, 0.29) is 0 Å². The standard InChI is InChI=1S/C19H14Cl2/c20-19(21)18-13-7-6-12-17(18)16-11-5-4-10-15(16)14-8-2-1-3-9-14/h1-13,19H. The molecule has 0 aliphatic rings. The van der Waals surface area contributed by atoms with Crippen LogP contribution in [0, 0.1) is 0 Å². The molecule has 104 valence electrons. The van der Waals surface area contributed by atoms with E-state index in [1.807, 2.05) is 48.5 Å². The Bertz CT molecular complexity index is 733. The van der Waals surface area contributed by atoms with Gasteiger partial charge in [-0.25, -0.2) is 0 Å². The number of alkyl halides is 2. The second-order valence-electron chi connectivity index (χ2n) is 4.80. The molecule has 0 N–H and O–H groups in total. The van der Waals surface area contributed by atoms with Crippen molar-refractivity contribution in [2.75, 3.05) is 0 Å². The van der Waals surface area contributed by atoms with Crippen molar-refractivity contribution in [3.63, 3.8) is 0 Å². The molecule has 3 aromatic rings. The van der Waals surface area contributed by atoms with E-state index < -0.39 is 4.84 Å². The van der Waals surface area contributed by atoms with Crippen molar-refractivity contribution in [2.24, 2.45) is 0 Å². The van der Waals surface area contributed by atoms with E-state index in [1.165, 1.54) is 11.1 Å². The van der Waals surface area contributed by atoms with E-state index in [0.29, 0.717) is 0 Å². The maximum atomic E-state index is 6.12. The van der Waals surface area contributed by atoms with Crippen LogP contribution in [-0.4, -0.2) is 0 Å². The Labute approximate surface area is 135 Å². The molecule has 0 aliphatic heterocycles. The summed E-state index contributed by atoms with van der Waals surface area (Å²) in [6.07, 6.45) is 0. The molecule has 3 rings (SSSR count). The van der Waals surface area contributed by atoms with Crippen molar-refractivity contribution in [3.05, 3.63) is 84.4 Å². The average molecular weight is 313 g/mol. The van der Waals surface area contributed by atoms with Crippen LogP contribution in [0.2, 0.25) is 0 Å². The third-order valence-corrected chi connectivity index (χ3v) is 3.97. The molecule has 0 amide bonds. The molecule has 0 saturated carbocycles. The lowest BCUT2D eigenvalue weighted by atomic mass is 9.92. The van der Waals surface area contributed by atoms with Crippen LogP contribution in [0.25, 0.3) is 22.3 Å². The largest absolute Gasteiger partial charge is 0.133 e. The first kappa shape index (κ1) is 14.2. The molecule has 3 aromatic carbocycles. The van der Waals surface area contributed by atoms with Crippen molar-refractivity contribution >= 4 is 23.2 Å². The van der Waals surface area contributed by atoms with Crippen LogP contribution < -0.4 is 0 Å². The summed E-state index contributed by atoms with van der Waals surface area (Å²) < 4.78 is 0. The second kappa shape index (κ2) is 6.34. The SMILES string of the molecule is ClC(Cl)c1ccccc1-c1ccccc1-c1ccccc1. The van der Waals surface area contributed by atoms with Gasteiger partial charge in [-0.05, 0) is 27.8 Å². The minimum Gasteiger partial charge on any atom is -0.100 e. The van der Waals surface area contributed by atoms with Gasteiger partial charge in [-0.3, -0.25) is 0 Å². The molecule has 0 nitrogen and oxygen atoms in total. The summed E-state index contributed by atoms with van der Waals surface area (Å²) in [7, 11) is 0. The third-order valence-electron chi connectivity index (χ3n) is 3.50. The van der Waals surface area contributed by atoms with Crippen LogP contribution in [0.15, 0.2) is 78.9 Å². The molecular formula is C19H14Cl2. The van der Waals surface area contributed by atoms with Crippen molar-refractivity contribution in [3.8, 4) is 22.3 Å². The van der Waals surface area contributed by atoms with E-state index in [0.717, 1.165) is 16.7 Å². The molecule has 0 spiro atoms. The Morgan fingerprint density at radius 3 is 1.71 bits per heavy atom. The zero-order valence-corrected chi connectivity index (χ0v) is 12.9. The maximum absolute atomic E-state index is 6.12. The lowest BCUT2D eigenvalue weighted by Gasteiger charge is -2.14. The van der Waals surface area contributed by atoms with Gasteiger partial charge in [-0.15, -0.1) is 23.2 Å². The van der Waals surface area contributed by atoms with Gasteiger partial charge in [-0.1, -0.05) is 78.9 Å². The van der Waals surface area contributed by atoms with Crippen LogP contribution in [-0.2, 0) is 0 Å². The van der Waals surface area contributed by atoms with Crippen LogP contribution in [0.1, 0.15) is 10.4 Å². The van der Waals surface area contributed by atoms with E-state index in [1.54, 1.807) is 0 Å². The Balaban J connectivity index is 2.21. The third kappa shape index (κ3) is 2.97. The van der Waals surface area contributed by atoms with Gasteiger partial charge < -0.3 is 0 Å². The van der Waals surface area contributed by atoms with E-state index in [2.05, 4.69) is 30.3 Å². The summed E-state index contributed by atoms with van der Waals surface area (Å²) in [6.45, 7) is 0. The molecule has 0 saturated heterocycles. The summed E-state index contributed by atoms with van der Waals surface area (Å²) in [6, 6.07) is 26.7. The predicted molar refractivity (Wildman–Crippen MR) is 91.8 cm³/mol. The minimum atomic E-state index is -0.537. The zero-order valence-electron chi connectivity index (χ0n) is 11.3. The first-order valence-corrected chi connectivity index (χ1v) is 7.66. The fraction of sp³-hybridized carbons (Fsp3) is 0.0526. The lowest BCUT2D eigenvalue weighted by molar-refractivity contribution is 1.35. The topological polar surface area (TPSA) is 0 Å². The number of hydrogen-bond donors (Lipinski definition) is 0. The summed E-state index contributed by atoms with van der Waals surface area (Å²) in [4.78, 5) is -0.537. The summed E-state index contributed by atoms with van der Waals surface area (Å²) in [5.74, 6) is 0. The molecule has 2 heteroatoms. The highest BCUT2D eigenvalue weighted by Gasteiger charge is 2.13. The Hall–Kier alpha value is -1.76. The first-order valence-electron chi connectivity index (χ1n) is 6.79. The minimum absolute atomic E-state index is 0.537. The normalized spacial score (nSPS) is 10.8. The van der Waals surface area contributed by atoms with Gasteiger partial charge in [0, 0.05) is 0 Å². The van der Waals surface area contributed by atoms with Crippen LogP contribution >= 0.6 is 23.2 Å². The highest BCUT2D eigenvalue weighted by Crippen LogP contribution is 2.38. The van der Waals surface area contributed by atoms with E-state index in [9.17, 15) is 0 Å². The summed E-state index contributed by atoms with van der Waals surface area (Å²) >= 11 is 12.2. The number of benzene rings is 3. The quantitative estimate of drug-likeness (QED) is 0.484. The van der Waals surface area contributed by atoms with Crippen LogP contribution in [0.5, 0.6) is 0 Å².